The number of nitrogens with zero attached hydrogens (tertiary/aromatic N) is 1. The molecule has 0 fully saturated rings. The molecule has 1 aromatic rings. The first-order valence-corrected chi connectivity index (χ1v) is 5.07. The average molecular weight is 243 g/mol. The Hall–Kier alpha value is -0.410. The molecule has 1 atom stereocenters. The molecule has 2 nitrogen and oxygen atoms in total. The van der Waals surface area contributed by atoms with Gasteiger partial charge in [0.25, 0.3) is 0 Å². The zero-order valence-corrected chi connectivity index (χ0v) is 9.80. The SMILES string of the molecule is CC(C)(C)C(N)c1ccc(Br)cn1. The average Bonchev–Trinajstić information content (AvgIpc) is 2.03. The fraction of sp³-hybridized carbons (Fsp3) is 0.500. The highest BCUT2D eigenvalue weighted by Crippen LogP contribution is 2.29. The summed E-state index contributed by atoms with van der Waals surface area (Å²) in [5.74, 6) is 0. The molecular weight excluding hydrogens is 228 g/mol. The topological polar surface area (TPSA) is 38.9 Å². The van der Waals surface area contributed by atoms with Crippen molar-refractivity contribution in [3.63, 3.8) is 0 Å². The third-order valence-corrected chi connectivity index (χ3v) is 2.47. The van der Waals surface area contributed by atoms with Gasteiger partial charge in [-0.2, -0.15) is 0 Å². The number of hydrogen-bond acceptors (Lipinski definition) is 2. The maximum absolute atomic E-state index is 6.04. The molecule has 0 saturated heterocycles. The molecular formula is C10H15BrN2. The molecule has 1 aromatic heterocycles. The van der Waals surface area contributed by atoms with Gasteiger partial charge in [0, 0.05) is 10.7 Å². The minimum Gasteiger partial charge on any atom is -0.322 e. The van der Waals surface area contributed by atoms with Gasteiger partial charge in [0.1, 0.15) is 0 Å². The largest absolute Gasteiger partial charge is 0.322 e. The van der Waals surface area contributed by atoms with E-state index in [1.807, 2.05) is 12.1 Å². The molecule has 0 aliphatic heterocycles. The molecule has 0 aliphatic carbocycles. The quantitative estimate of drug-likeness (QED) is 0.823. The van der Waals surface area contributed by atoms with Crippen LogP contribution in [-0.4, -0.2) is 4.98 Å². The number of hydrogen-bond donors (Lipinski definition) is 1. The van der Waals surface area contributed by atoms with Gasteiger partial charge < -0.3 is 5.73 Å². The highest BCUT2D eigenvalue weighted by atomic mass is 79.9. The lowest BCUT2D eigenvalue weighted by Crippen LogP contribution is -2.26. The van der Waals surface area contributed by atoms with Crippen molar-refractivity contribution >= 4 is 15.9 Å². The highest BCUT2D eigenvalue weighted by Gasteiger charge is 2.22. The van der Waals surface area contributed by atoms with Gasteiger partial charge in [-0.05, 0) is 33.5 Å². The van der Waals surface area contributed by atoms with Crippen LogP contribution >= 0.6 is 15.9 Å². The van der Waals surface area contributed by atoms with Gasteiger partial charge in [-0.1, -0.05) is 20.8 Å². The van der Waals surface area contributed by atoms with Crippen molar-refractivity contribution in [2.24, 2.45) is 11.1 Å². The molecule has 0 saturated carbocycles. The van der Waals surface area contributed by atoms with Crippen molar-refractivity contribution in [2.45, 2.75) is 26.8 Å². The molecule has 0 aromatic carbocycles. The van der Waals surface area contributed by atoms with Crippen LogP contribution in [0.3, 0.4) is 0 Å². The van der Waals surface area contributed by atoms with Gasteiger partial charge >= 0.3 is 0 Å². The molecule has 0 bridgehead atoms. The van der Waals surface area contributed by atoms with Crippen molar-refractivity contribution in [3.05, 3.63) is 28.5 Å². The van der Waals surface area contributed by atoms with Crippen LogP contribution in [0.1, 0.15) is 32.5 Å². The summed E-state index contributed by atoms with van der Waals surface area (Å²) in [7, 11) is 0. The monoisotopic (exact) mass is 242 g/mol. The number of nitrogens with two attached hydrogens (primary N) is 1. The first-order chi connectivity index (χ1) is 5.91. The van der Waals surface area contributed by atoms with Crippen molar-refractivity contribution in [1.82, 2.24) is 4.98 Å². The number of rotatable bonds is 1. The second-order valence-corrected chi connectivity index (χ2v) is 5.16. The maximum Gasteiger partial charge on any atom is 0.0577 e. The molecule has 1 heterocycles. The summed E-state index contributed by atoms with van der Waals surface area (Å²) >= 11 is 3.34. The van der Waals surface area contributed by atoms with E-state index in [1.165, 1.54) is 0 Å². The second-order valence-electron chi connectivity index (χ2n) is 4.24. The second kappa shape index (κ2) is 3.76. The Balaban J connectivity index is 2.90. The Morgan fingerprint density at radius 1 is 1.38 bits per heavy atom. The van der Waals surface area contributed by atoms with E-state index in [-0.39, 0.29) is 11.5 Å². The molecule has 0 aliphatic rings. The van der Waals surface area contributed by atoms with Gasteiger partial charge in [0.15, 0.2) is 0 Å². The highest BCUT2D eigenvalue weighted by molar-refractivity contribution is 9.10. The van der Waals surface area contributed by atoms with E-state index in [0.29, 0.717) is 0 Å². The van der Waals surface area contributed by atoms with Crippen molar-refractivity contribution in [1.29, 1.82) is 0 Å². The van der Waals surface area contributed by atoms with Crippen LogP contribution in [0.4, 0.5) is 0 Å². The Morgan fingerprint density at radius 2 is 2.00 bits per heavy atom. The predicted molar refractivity (Wildman–Crippen MR) is 58.3 cm³/mol. The minimum absolute atomic E-state index is 0.0133. The Labute approximate surface area is 87.7 Å². The zero-order chi connectivity index (χ0) is 10.1. The van der Waals surface area contributed by atoms with E-state index in [4.69, 9.17) is 5.73 Å². The van der Waals surface area contributed by atoms with Crippen molar-refractivity contribution in [3.8, 4) is 0 Å². The van der Waals surface area contributed by atoms with Crippen LogP contribution in [-0.2, 0) is 0 Å². The molecule has 1 unspecified atom stereocenters. The number of halogens is 1. The third-order valence-electron chi connectivity index (χ3n) is 2.00. The van der Waals surface area contributed by atoms with Crippen LogP contribution in [0, 0.1) is 5.41 Å². The molecule has 3 heteroatoms. The smallest absolute Gasteiger partial charge is 0.0577 e. The Kier molecular flexibility index (Phi) is 3.09. The van der Waals surface area contributed by atoms with E-state index in [0.717, 1.165) is 10.2 Å². The number of aromatic nitrogens is 1. The van der Waals surface area contributed by atoms with Crippen LogP contribution in [0.2, 0.25) is 0 Å². The molecule has 0 spiro atoms. The summed E-state index contributed by atoms with van der Waals surface area (Å²) in [6.07, 6.45) is 1.78. The minimum atomic E-state index is -0.0133. The summed E-state index contributed by atoms with van der Waals surface area (Å²) in [5.41, 5.74) is 7.04. The molecule has 2 N–H and O–H groups in total. The summed E-state index contributed by atoms with van der Waals surface area (Å²) in [6.45, 7) is 6.34. The summed E-state index contributed by atoms with van der Waals surface area (Å²) in [6, 6.07) is 3.91. The van der Waals surface area contributed by atoms with Crippen molar-refractivity contribution in [2.75, 3.05) is 0 Å². The van der Waals surface area contributed by atoms with Gasteiger partial charge in [0.2, 0.25) is 0 Å². The van der Waals surface area contributed by atoms with E-state index >= 15 is 0 Å². The Bertz CT molecular complexity index is 274. The first-order valence-electron chi connectivity index (χ1n) is 4.28. The normalized spacial score (nSPS) is 14.2. The molecule has 72 valence electrons. The first kappa shape index (κ1) is 10.7. The Morgan fingerprint density at radius 3 is 2.38 bits per heavy atom. The lowest BCUT2D eigenvalue weighted by atomic mass is 9.85. The lowest BCUT2D eigenvalue weighted by Gasteiger charge is -2.26. The molecule has 0 amide bonds. The van der Waals surface area contributed by atoms with Crippen molar-refractivity contribution < 1.29 is 0 Å². The van der Waals surface area contributed by atoms with Crippen LogP contribution in [0.5, 0.6) is 0 Å². The van der Waals surface area contributed by atoms with E-state index in [1.54, 1.807) is 6.20 Å². The van der Waals surface area contributed by atoms with E-state index in [9.17, 15) is 0 Å². The predicted octanol–water partition coefficient (Wildman–Crippen LogP) is 2.89. The van der Waals surface area contributed by atoms with Crippen LogP contribution < -0.4 is 5.73 Å². The summed E-state index contributed by atoms with van der Waals surface area (Å²) < 4.78 is 0.984. The van der Waals surface area contributed by atoms with E-state index in [2.05, 4.69) is 41.7 Å². The van der Waals surface area contributed by atoms with Gasteiger partial charge in [-0.3, -0.25) is 4.98 Å². The van der Waals surface area contributed by atoms with Gasteiger partial charge in [-0.15, -0.1) is 0 Å². The standard InChI is InChI=1S/C10H15BrN2/c1-10(2,3)9(12)8-5-4-7(11)6-13-8/h4-6,9H,12H2,1-3H3. The molecule has 0 radical (unpaired) electrons. The van der Waals surface area contributed by atoms with Crippen LogP contribution in [0.15, 0.2) is 22.8 Å². The van der Waals surface area contributed by atoms with Gasteiger partial charge in [0.05, 0.1) is 11.7 Å². The summed E-state index contributed by atoms with van der Waals surface area (Å²) in [4.78, 5) is 4.27. The number of pyridine rings is 1. The zero-order valence-electron chi connectivity index (χ0n) is 8.21. The molecule has 13 heavy (non-hydrogen) atoms. The lowest BCUT2D eigenvalue weighted by molar-refractivity contribution is 0.321. The fourth-order valence-corrected chi connectivity index (χ4v) is 1.25. The van der Waals surface area contributed by atoms with Crippen LogP contribution in [0.25, 0.3) is 0 Å². The third kappa shape index (κ3) is 2.78. The van der Waals surface area contributed by atoms with Gasteiger partial charge in [-0.25, -0.2) is 0 Å². The fourth-order valence-electron chi connectivity index (χ4n) is 1.01. The maximum atomic E-state index is 6.04. The van der Waals surface area contributed by atoms with E-state index < -0.39 is 0 Å². The summed E-state index contributed by atoms with van der Waals surface area (Å²) in [5, 5.41) is 0. The molecule has 1 rings (SSSR count).